The lowest BCUT2D eigenvalue weighted by atomic mass is 10.1. The van der Waals surface area contributed by atoms with E-state index in [4.69, 9.17) is 20.0 Å². The number of amides is 1. The zero-order chi connectivity index (χ0) is 23.3. The Morgan fingerprint density at radius 2 is 1.30 bits per heavy atom. The maximum atomic E-state index is 10.3. The number of carbonyl (C=O) groups excluding carboxylic acids is 1. The Balaban J connectivity index is 0. The van der Waals surface area contributed by atoms with Gasteiger partial charge in [0, 0.05) is 6.42 Å². The molecule has 0 saturated carbocycles. The first kappa shape index (κ1) is 31.0. The fraction of sp³-hybridized carbons (Fsp3) is 0.810. The number of hydrogen-bond acceptors (Lipinski definition) is 4. The highest BCUT2D eigenvalue weighted by Crippen LogP contribution is 2.34. The molecule has 0 spiro atoms. The third-order valence-electron chi connectivity index (χ3n) is 4.39. The highest BCUT2D eigenvalue weighted by atomic mass is 31.2. The van der Waals surface area contributed by atoms with E-state index in [9.17, 15) is 14.2 Å². The van der Waals surface area contributed by atoms with Gasteiger partial charge in [-0.25, -0.2) is 0 Å². The van der Waals surface area contributed by atoms with Crippen LogP contribution in [0.1, 0.15) is 96.8 Å². The van der Waals surface area contributed by atoms with Crippen molar-refractivity contribution in [3.63, 3.8) is 0 Å². The first-order valence-electron chi connectivity index (χ1n) is 11.0. The molecule has 0 aliphatic heterocycles. The van der Waals surface area contributed by atoms with Crippen LogP contribution in [-0.4, -0.2) is 44.1 Å². The van der Waals surface area contributed by atoms with Gasteiger partial charge in [-0.3, -0.25) is 14.2 Å². The highest BCUT2D eigenvalue weighted by Gasteiger charge is 2.23. The number of rotatable bonds is 18. The highest BCUT2D eigenvalue weighted by molar-refractivity contribution is 7.51. The zero-order valence-electron chi connectivity index (χ0n) is 18.4. The smallest absolute Gasteiger partial charge is 0.328 e. The Morgan fingerprint density at radius 1 is 0.867 bits per heavy atom. The van der Waals surface area contributed by atoms with E-state index in [1.165, 1.54) is 70.6 Å². The summed E-state index contributed by atoms with van der Waals surface area (Å²) in [6, 6.07) is 0. The Kier molecular flexibility index (Phi) is 21.7. The maximum absolute atomic E-state index is 10.3. The van der Waals surface area contributed by atoms with Crippen LogP contribution in [-0.2, 0) is 14.2 Å². The fourth-order valence-corrected chi connectivity index (χ4v) is 3.29. The van der Waals surface area contributed by atoms with Crippen LogP contribution < -0.4 is 5.73 Å². The van der Waals surface area contributed by atoms with Gasteiger partial charge in [-0.1, -0.05) is 70.4 Å². The van der Waals surface area contributed by atoms with E-state index in [1.54, 1.807) is 0 Å². The number of hydrogen-bond donors (Lipinski definition) is 5. The largest absolute Gasteiger partial charge is 0.481 e. The lowest BCUT2D eigenvalue weighted by molar-refractivity contribution is -0.137. The number of allylic oxidation sites excluding steroid dienone is 2. The summed E-state index contributed by atoms with van der Waals surface area (Å²) in [5.41, 5.74) is 4.51. The summed E-state index contributed by atoms with van der Waals surface area (Å²) >= 11 is 0. The molecule has 0 aromatic heterocycles. The molecule has 0 aliphatic carbocycles. The van der Waals surface area contributed by atoms with Gasteiger partial charge in [-0.15, -0.1) is 0 Å². The van der Waals surface area contributed by atoms with Crippen molar-refractivity contribution in [3.8, 4) is 0 Å². The van der Waals surface area contributed by atoms with Crippen molar-refractivity contribution in [1.82, 2.24) is 0 Å². The molecule has 9 heteroatoms. The molecule has 1 atom stereocenters. The number of carbonyl (C=O) groups is 2. The Morgan fingerprint density at radius 3 is 1.67 bits per heavy atom. The molecule has 0 saturated heterocycles. The van der Waals surface area contributed by atoms with Crippen LogP contribution in [0.4, 0.5) is 0 Å². The number of nitrogens with two attached hydrogens (primary N) is 1. The monoisotopic (exact) mass is 451 g/mol. The number of aliphatic carboxylic acids is 1. The average molecular weight is 452 g/mol. The Bertz CT molecular complexity index is 506. The van der Waals surface area contributed by atoms with Gasteiger partial charge in [0.2, 0.25) is 5.91 Å². The third-order valence-corrected chi connectivity index (χ3v) is 5.21. The van der Waals surface area contributed by atoms with Gasteiger partial charge in [0.15, 0.2) is 0 Å². The van der Waals surface area contributed by atoms with E-state index in [2.05, 4.69) is 24.8 Å². The summed E-state index contributed by atoms with van der Waals surface area (Å²) in [7, 11) is -4.33. The molecule has 8 nitrogen and oxygen atoms in total. The average Bonchev–Trinajstić information content (AvgIpc) is 2.63. The van der Waals surface area contributed by atoms with Crippen molar-refractivity contribution < 1.29 is 34.2 Å². The molecule has 1 amide bonds. The van der Waals surface area contributed by atoms with Gasteiger partial charge >= 0.3 is 13.6 Å². The summed E-state index contributed by atoms with van der Waals surface area (Å²) < 4.78 is 10.1. The molecule has 0 aromatic carbocycles. The minimum absolute atomic E-state index is 0.336. The molecule has 0 aromatic rings. The molecule has 0 rings (SSSR count). The van der Waals surface area contributed by atoms with Gasteiger partial charge in [0.05, 0.1) is 6.16 Å². The summed E-state index contributed by atoms with van der Waals surface area (Å²) in [4.78, 5) is 36.7. The second kappa shape index (κ2) is 21.0. The number of primary amides is 1. The standard InChI is InChI=1S/C18H34O2.C3H8NO5P/c1-2-3-4-5-6-7-8-9-10-11-12-13-14-15-16-17-18(19)20;4-3(6)2(5)1-10(7,8)9/h7-8H,2-6,9-17H2,1H3,(H,19,20);2,5H,1H2,(H2,4,6)(H2,7,8,9)/b8-7+;. The van der Waals surface area contributed by atoms with Crippen molar-refractivity contribution in [1.29, 1.82) is 0 Å². The number of carboxylic acid groups (broad SMARTS) is 1. The van der Waals surface area contributed by atoms with Crippen LogP contribution >= 0.6 is 7.60 Å². The fourth-order valence-electron chi connectivity index (χ4n) is 2.66. The molecule has 30 heavy (non-hydrogen) atoms. The predicted octanol–water partition coefficient (Wildman–Crippen LogP) is 4.12. The maximum Gasteiger partial charge on any atom is 0.328 e. The van der Waals surface area contributed by atoms with E-state index in [-0.39, 0.29) is 0 Å². The quantitative estimate of drug-likeness (QED) is 0.119. The van der Waals surface area contributed by atoms with E-state index in [1.807, 2.05) is 0 Å². The van der Waals surface area contributed by atoms with Crippen LogP contribution in [0.2, 0.25) is 0 Å². The molecule has 0 aliphatic rings. The molecule has 178 valence electrons. The van der Waals surface area contributed by atoms with Gasteiger partial charge in [-0.05, 0) is 32.1 Å². The SMILES string of the molecule is CCCCCC/C=C/CCCCCCCCCC(=O)O.NC(=O)C(O)CP(=O)(O)O. The van der Waals surface area contributed by atoms with Crippen molar-refractivity contribution in [3.05, 3.63) is 12.2 Å². The molecular weight excluding hydrogens is 409 g/mol. The Hall–Kier alpha value is -1.21. The van der Waals surface area contributed by atoms with E-state index in [0.717, 1.165) is 12.8 Å². The first-order chi connectivity index (χ1) is 14.1. The van der Waals surface area contributed by atoms with E-state index in [0.29, 0.717) is 6.42 Å². The van der Waals surface area contributed by atoms with Crippen LogP contribution in [0, 0.1) is 0 Å². The lowest BCUT2D eigenvalue weighted by Gasteiger charge is -2.06. The van der Waals surface area contributed by atoms with Crippen LogP contribution in [0.15, 0.2) is 12.2 Å². The number of unbranched alkanes of at least 4 members (excludes halogenated alkanes) is 11. The van der Waals surface area contributed by atoms with E-state index < -0.39 is 31.7 Å². The van der Waals surface area contributed by atoms with Crippen molar-refractivity contribution in [2.45, 2.75) is 103 Å². The lowest BCUT2D eigenvalue weighted by Crippen LogP contribution is -2.31. The second-order valence-corrected chi connectivity index (χ2v) is 9.19. The van der Waals surface area contributed by atoms with Crippen molar-refractivity contribution in [2.24, 2.45) is 5.73 Å². The minimum Gasteiger partial charge on any atom is -0.481 e. The second-order valence-electron chi connectivity index (χ2n) is 7.49. The van der Waals surface area contributed by atoms with Crippen LogP contribution in [0.3, 0.4) is 0 Å². The van der Waals surface area contributed by atoms with Gasteiger partial charge in [-0.2, -0.15) is 0 Å². The molecule has 1 unspecified atom stereocenters. The number of carboxylic acids is 1. The summed E-state index contributed by atoms with van der Waals surface area (Å²) in [6.07, 6.45) is 18.6. The molecule has 0 fully saturated rings. The predicted molar refractivity (Wildman–Crippen MR) is 119 cm³/mol. The van der Waals surface area contributed by atoms with E-state index >= 15 is 0 Å². The molecule has 0 radical (unpaired) electrons. The number of aliphatic hydroxyl groups is 1. The van der Waals surface area contributed by atoms with Crippen LogP contribution in [0.5, 0.6) is 0 Å². The summed E-state index contributed by atoms with van der Waals surface area (Å²) in [5.74, 6) is -1.80. The summed E-state index contributed by atoms with van der Waals surface area (Å²) in [5, 5.41) is 17.0. The van der Waals surface area contributed by atoms with Crippen LogP contribution in [0.25, 0.3) is 0 Å². The normalized spacial score (nSPS) is 12.4. The Labute approximate surface area is 181 Å². The van der Waals surface area contributed by atoms with Gasteiger partial charge in [0.25, 0.3) is 0 Å². The van der Waals surface area contributed by atoms with Gasteiger partial charge < -0.3 is 25.7 Å². The molecule has 0 bridgehead atoms. The van der Waals surface area contributed by atoms with Crippen molar-refractivity contribution in [2.75, 3.05) is 6.16 Å². The first-order valence-corrected chi connectivity index (χ1v) is 12.8. The van der Waals surface area contributed by atoms with Crippen molar-refractivity contribution >= 4 is 19.5 Å². The number of aliphatic hydroxyl groups excluding tert-OH is 1. The summed E-state index contributed by atoms with van der Waals surface area (Å²) in [6.45, 7) is 2.25. The minimum atomic E-state index is -4.33. The molecule has 0 heterocycles. The molecular formula is C21H42NO7P. The molecule has 6 N–H and O–H groups in total. The van der Waals surface area contributed by atoms with Gasteiger partial charge in [0.1, 0.15) is 6.10 Å². The third kappa shape index (κ3) is 29.0. The topological polar surface area (TPSA) is 158 Å². The zero-order valence-corrected chi connectivity index (χ0v) is 19.3.